The lowest BCUT2D eigenvalue weighted by Gasteiger charge is -2.37. The van der Waals surface area contributed by atoms with E-state index in [9.17, 15) is 0 Å². The van der Waals surface area contributed by atoms with Crippen LogP contribution < -0.4 is 4.74 Å². The van der Waals surface area contributed by atoms with E-state index in [0.29, 0.717) is 5.02 Å². The number of quaternary nitrogens is 1. The standard InChI is InChI=1S/C22H27ClNO2/c1-24(11-3-2-4-12-24)13-5-6-14-25-18-8-10-20-19-9-7-17(23)15-21(19)26-22(20)16-18/h7-10,15-16H,2-6,11-14H2,1H3/q+1. The monoisotopic (exact) mass is 372 g/mol. The molecule has 1 saturated heterocycles. The van der Waals surface area contributed by atoms with E-state index >= 15 is 0 Å². The van der Waals surface area contributed by atoms with E-state index in [4.69, 9.17) is 20.8 Å². The van der Waals surface area contributed by atoms with E-state index < -0.39 is 0 Å². The molecular weight excluding hydrogens is 346 g/mol. The fourth-order valence-corrected chi connectivity index (χ4v) is 4.27. The van der Waals surface area contributed by atoms with Gasteiger partial charge in [-0.15, -0.1) is 0 Å². The normalized spacial score (nSPS) is 17.0. The van der Waals surface area contributed by atoms with Crippen molar-refractivity contribution in [1.82, 2.24) is 0 Å². The van der Waals surface area contributed by atoms with Crippen molar-refractivity contribution in [2.24, 2.45) is 0 Å². The lowest BCUT2D eigenvalue weighted by molar-refractivity contribution is -0.914. The Hall–Kier alpha value is -1.71. The number of halogens is 1. The van der Waals surface area contributed by atoms with Crippen molar-refractivity contribution >= 4 is 33.5 Å². The summed E-state index contributed by atoms with van der Waals surface area (Å²) < 4.78 is 13.1. The predicted octanol–water partition coefficient (Wildman–Crippen LogP) is 6.03. The number of likely N-dealkylation sites (tertiary alicyclic amines) is 1. The van der Waals surface area contributed by atoms with Crippen LogP contribution in [0.1, 0.15) is 32.1 Å². The average Bonchev–Trinajstić information content (AvgIpc) is 2.98. The number of nitrogens with zero attached hydrogens (tertiary/aromatic N) is 1. The van der Waals surface area contributed by atoms with Crippen molar-refractivity contribution in [2.75, 3.05) is 33.3 Å². The second-order valence-corrected chi connectivity index (χ2v) is 8.24. The molecule has 0 N–H and O–H groups in total. The zero-order valence-electron chi connectivity index (χ0n) is 15.5. The molecule has 26 heavy (non-hydrogen) atoms. The van der Waals surface area contributed by atoms with Crippen molar-refractivity contribution in [3.63, 3.8) is 0 Å². The van der Waals surface area contributed by atoms with Gasteiger partial charge in [0.05, 0.1) is 33.3 Å². The first-order chi connectivity index (χ1) is 12.6. The molecule has 0 atom stereocenters. The lowest BCUT2D eigenvalue weighted by atomic mass is 10.1. The highest BCUT2D eigenvalue weighted by Crippen LogP contribution is 2.32. The summed E-state index contributed by atoms with van der Waals surface area (Å²) >= 11 is 6.06. The van der Waals surface area contributed by atoms with E-state index in [1.807, 2.05) is 30.3 Å². The molecular formula is C22H27ClNO2+. The minimum absolute atomic E-state index is 0.693. The van der Waals surface area contributed by atoms with E-state index in [1.165, 1.54) is 49.8 Å². The van der Waals surface area contributed by atoms with Gasteiger partial charge in [-0.25, -0.2) is 0 Å². The van der Waals surface area contributed by atoms with Crippen molar-refractivity contribution in [3.8, 4) is 5.75 Å². The molecule has 1 aliphatic rings. The fourth-order valence-electron chi connectivity index (χ4n) is 4.11. The van der Waals surface area contributed by atoms with Crippen LogP contribution in [-0.4, -0.2) is 37.8 Å². The molecule has 0 bridgehead atoms. The van der Waals surface area contributed by atoms with Gasteiger partial charge in [-0.05, 0) is 56.4 Å². The molecule has 2 heterocycles. The van der Waals surface area contributed by atoms with Gasteiger partial charge in [0.2, 0.25) is 0 Å². The Balaban J connectivity index is 1.33. The molecule has 4 heteroatoms. The van der Waals surface area contributed by atoms with Crippen molar-refractivity contribution in [3.05, 3.63) is 41.4 Å². The molecule has 0 unspecified atom stereocenters. The van der Waals surface area contributed by atoms with Gasteiger partial charge in [0, 0.05) is 27.9 Å². The van der Waals surface area contributed by atoms with E-state index in [2.05, 4.69) is 13.1 Å². The van der Waals surface area contributed by atoms with E-state index in [1.54, 1.807) is 0 Å². The van der Waals surface area contributed by atoms with Crippen LogP contribution in [0, 0.1) is 0 Å². The van der Waals surface area contributed by atoms with E-state index in [0.717, 1.165) is 40.7 Å². The number of hydrogen-bond acceptors (Lipinski definition) is 2. The molecule has 0 amide bonds. The molecule has 0 aliphatic carbocycles. The Kier molecular flexibility index (Phi) is 5.10. The molecule has 4 rings (SSSR count). The van der Waals surface area contributed by atoms with Crippen LogP contribution >= 0.6 is 11.6 Å². The third-order valence-corrected chi connectivity index (χ3v) is 5.90. The number of rotatable bonds is 6. The molecule has 1 aromatic heterocycles. The van der Waals surface area contributed by atoms with E-state index in [-0.39, 0.29) is 0 Å². The van der Waals surface area contributed by atoms with Gasteiger partial charge in [0.15, 0.2) is 0 Å². The van der Waals surface area contributed by atoms with Gasteiger partial charge in [0.25, 0.3) is 0 Å². The smallest absolute Gasteiger partial charge is 0.139 e. The average molecular weight is 373 g/mol. The summed E-state index contributed by atoms with van der Waals surface area (Å²) in [6, 6.07) is 11.9. The molecule has 2 aromatic carbocycles. The molecule has 0 saturated carbocycles. The van der Waals surface area contributed by atoms with Crippen LogP contribution in [0.5, 0.6) is 5.75 Å². The molecule has 3 nitrogen and oxygen atoms in total. The zero-order chi connectivity index (χ0) is 18.0. The Bertz CT molecular complexity index is 896. The third kappa shape index (κ3) is 3.84. The first-order valence-corrected chi connectivity index (χ1v) is 10.1. The number of benzene rings is 2. The summed E-state index contributed by atoms with van der Waals surface area (Å²) in [7, 11) is 2.40. The van der Waals surface area contributed by atoms with Gasteiger partial charge < -0.3 is 13.6 Å². The van der Waals surface area contributed by atoms with Gasteiger partial charge >= 0.3 is 0 Å². The first kappa shape index (κ1) is 17.7. The maximum absolute atomic E-state index is 6.06. The Morgan fingerprint density at radius 2 is 1.69 bits per heavy atom. The van der Waals surface area contributed by atoms with Crippen LogP contribution in [0.2, 0.25) is 5.02 Å². The summed E-state index contributed by atoms with van der Waals surface area (Å²) in [5, 5.41) is 2.89. The summed E-state index contributed by atoms with van der Waals surface area (Å²) in [5.41, 5.74) is 1.68. The largest absolute Gasteiger partial charge is 0.493 e. The van der Waals surface area contributed by atoms with Crippen molar-refractivity contribution in [2.45, 2.75) is 32.1 Å². The molecule has 138 valence electrons. The summed E-state index contributed by atoms with van der Waals surface area (Å²) in [6.45, 7) is 4.71. The summed E-state index contributed by atoms with van der Waals surface area (Å²) in [5.74, 6) is 0.876. The topological polar surface area (TPSA) is 22.4 Å². The highest BCUT2D eigenvalue weighted by Gasteiger charge is 2.23. The van der Waals surface area contributed by atoms with Gasteiger partial charge in [-0.3, -0.25) is 0 Å². The van der Waals surface area contributed by atoms with Gasteiger partial charge in [0.1, 0.15) is 16.9 Å². The molecule has 3 aromatic rings. The third-order valence-electron chi connectivity index (χ3n) is 5.66. The number of hydrogen-bond donors (Lipinski definition) is 0. The second kappa shape index (κ2) is 7.50. The summed E-state index contributed by atoms with van der Waals surface area (Å²) in [4.78, 5) is 0. The highest BCUT2D eigenvalue weighted by atomic mass is 35.5. The van der Waals surface area contributed by atoms with Crippen LogP contribution in [0.4, 0.5) is 0 Å². The predicted molar refractivity (Wildman–Crippen MR) is 108 cm³/mol. The maximum atomic E-state index is 6.06. The summed E-state index contributed by atoms with van der Waals surface area (Å²) in [6.07, 6.45) is 6.50. The molecule has 1 aliphatic heterocycles. The number of ether oxygens (including phenoxy) is 1. The lowest BCUT2D eigenvalue weighted by Crippen LogP contribution is -2.48. The van der Waals surface area contributed by atoms with Crippen LogP contribution in [0.25, 0.3) is 21.9 Å². The minimum atomic E-state index is 0.693. The SMILES string of the molecule is C[N+]1(CCCCOc2ccc3c(c2)oc2cc(Cl)ccc23)CCCCC1. The maximum Gasteiger partial charge on any atom is 0.139 e. The van der Waals surface area contributed by atoms with Crippen molar-refractivity contribution in [1.29, 1.82) is 0 Å². The Morgan fingerprint density at radius 3 is 2.50 bits per heavy atom. The molecule has 1 fully saturated rings. The van der Waals surface area contributed by atoms with Crippen LogP contribution in [0.15, 0.2) is 40.8 Å². The van der Waals surface area contributed by atoms with Gasteiger partial charge in [-0.1, -0.05) is 11.6 Å². The van der Waals surface area contributed by atoms with Gasteiger partial charge in [-0.2, -0.15) is 0 Å². The second-order valence-electron chi connectivity index (χ2n) is 7.81. The van der Waals surface area contributed by atoms with Crippen molar-refractivity contribution < 1.29 is 13.6 Å². The Morgan fingerprint density at radius 1 is 0.962 bits per heavy atom. The zero-order valence-corrected chi connectivity index (χ0v) is 16.2. The van der Waals surface area contributed by atoms with Crippen LogP contribution in [0.3, 0.4) is 0 Å². The fraction of sp³-hybridized carbons (Fsp3) is 0.455. The first-order valence-electron chi connectivity index (χ1n) is 9.71. The molecule has 0 spiro atoms. The van der Waals surface area contributed by atoms with Crippen LogP contribution in [-0.2, 0) is 0 Å². The quantitative estimate of drug-likeness (QED) is 0.389. The number of piperidine rings is 1. The number of fused-ring (bicyclic) bond motifs is 3. The minimum Gasteiger partial charge on any atom is -0.493 e. The number of unbranched alkanes of at least 4 members (excludes halogenated alkanes) is 1. The highest BCUT2D eigenvalue weighted by molar-refractivity contribution is 6.31. The Labute approximate surface area is 160 Å². The molecule has 0 radical (unpaired) electrons. The number of furan rings is 1.